The second-order valence-corrected chi connectivity index (χ2v) is 9.03. The topological polar surface area (TPSA) is 68.7 Å². The van der Waals surface area contributed by atoms with Gasteiger partial charge in [0.1, 0.15) is 5.00 Å². The largest absolute Gasteiger partial charge is 0.395 e. The number of rotatable bonds is 6. The van der Waals surface area contributed by atoms with E-state index in [1.807, 2.05) is 18.5 Å². The predicted molar refractivity (Wildman–Crippen MR) is 116 cm³/mol. The van der Waals surface area contributed by atoms with E-state index in [4.69, 9.17) is 0 Å². The molecule has 2 N–H and O–H groups in total. The van der Waals surface area contributed by atoms with Crippen LogP contribution in [0.2, 0.25) is 0 Å². The molecule has 1 unspecified atom stereocenters. The normalized spacial score (nSPS) is 19.0. The molecule has 0 aromatic carbocycles. The van der Waals surface area contributed by atoms with Crippen LogP contribution in [0.4, 0.5) is 5.00 Å². The van der Waals surface area contributed by atoms with Crippen molar-refractivity contribution < 1.29 is 9.90 Å². The van der Waals surface area contributed by atoms with E-state index >= 15 is 0 Å². The number of aromatic nitrogens is 1. The highest BCUT2D eigenvalue weighted by molar-refractivity contribution is 7.16. The smallest absolute Gasteiger partial charge is 0.221 e. The lowest BCUT2D eigenvalue weighted by Gasteiger charge is -2.40. The number of thiophene rings is 1. The molecule has 1 aliphatic heterocycles. The minimum Gasteiger partial charge on any atom is -0.395 e. The van der Waals surface area contributed by atoms with Crippen LogP contribution in [-0.4, -0.2) is 65.1 Å². The van der Waals surface area contributed by atoms with E-state index in [0.29, 0.717) is 0 Å². The summed E-state index contributed by atoms with van der Waals surface area (Å²) in [6.07, 6.45) is 8.41. The second-order valence-electron chi connectivity index (χ2n) is 7.92. The van der Waals surface area contributed by atoms with Crippen molar-refractivity contribution in [2.75, 3.05) is 44.6 Å². The molecule has 6 nitrogen and oxygen atoms in total. The number of hydrogen-bond acceptors (Lipinski definition) is 6. The summed E-state index contributed by atoms with van der Waals surface area (Å²) >= 11 is 1.76. The Morgan fingerprint density at radius 2 is 2.07 bits per heavy atom. The van der Waals surface area contributed by atoms with Crippen molar-refractivity contribution in [2.24, 2.45) is 0 Å². The number of aliphatic hydroxyl groups excluding tert-OH is 1. The first kappa shape index (κ1) is 20.5. The molecule has 2 aromatic rings. The highest BCUT2D eigenvalue weighted by atomic mass is 32.1. The molecule has 0 spiro atoms. The maximum atomic E-state index is 12.0. The molecule has 1 saturated heterocycles. The van der Waals surface area contributed by atoms with Crippen LogP contribution in [0, 0.1) is 0 Å². The number of anilines is 1. The Hall–Kier alpha value is -1.80. The average Bonchev–Trinajstić information content (AvgIpc) is 3.08. The number of fused-ring (bicyclic) bond motifs is 1. The molecule has 3 heterocycles. The molecular weight excluding hydrogens is 384 g/mol. The number of carbonyl (C=O) groups is 1. The van der Waals surface area contributed by atoms with E-state index in [0.717, 1.165) is 50.6 Å². The Morgan fingerprint density at radius 1 is 1.28 bits per heavy atom. The lowest BCUT2D eigenvalue weighted by atomic mass is 9.89. The van der Waals surface area contributed by atoms with Crippen molar-refractivity contribution >= 4 is 22.2 Å². The summed E-state index contributed by atoms with van der Waals surface area (Å²) in [5.41, 5.74) is 3.90. The van der Waals surface area contributed by atoms with Crippen LogP contribution < -0.4 is 5.32 Å². The SMILES string of the molecule is CC(=O)Nc1sc2c(c1C(c1cccnc1)N1CCN(CCO)CC1)CCCC2. The van der Waals surface area contributed by atoms with Gasteiger partial charge in [0.05, 0.1) is 12.6 Å². The first-order chi connectivity index (χ1) is 14.2. The van der Waals surface area contributed by atoms with Crippen molar-refractivity contribution in [3.8, 4) is 0 Å². The van der Waals surface area contributed by atoms with E-state index in [-0.39, 0.29) is 18.6 Å². The van der Waals surface area contributed by atoms with Gasteiger partial charge in [-0.1, -0.05) is 6.07 Å². The number of piperazine rings is 1. The summed E-state index contributed by atoms with van der Waals surface area (Å²) in [5.74, 6) is -0.0115. The Morgan fingerprint density at radius 3 is 2.76 bits per heavy atom. The zero-order valence-corrected chi connectivity index (χ0v) is 17.9. The molecule has 156 valence electrons. The zero-order valence-electron chi connectivity index (χ0n) is 17.1. The summed E-state index contributed by atoms with van der Waals surface area (Å²) in [4.78, 5) is 22.6. The standard InChI is InChI=1S/C22H30N4O2S/c1-16(28)24-22-20(18-6-2-3-7-19(18)29-22)21(17-5-4-8-23-15-17)26-11-9-25(10-12-26)13-14-27/h4-5,8,15,21,27H,2-3,6-7,9-14H2,1H3,(H,24,28). The first-order valence-corrected chi connectivity index (χ1v) is 11.4. The summed E-state index contributed by atoms with van der Waals surface area (Å²) in [5, 5.41) is 13.4. The number of β-amino-alcohol motifs (C(OH)–C–C–N with tert-alkyl or cyclic N) is 1. The van der Waals surface area contributed by atoms with E-state index in [2.05, 4.69) is 26.2 Å². The number of aryl methyl sites for hydroxylation is 1. The molecule has 1 atom stereocenters. The number of hydrogen-bond donors (Lipinski definition) is 2. The quantitative estimate of drug-likeness (QED) is 0.761. The number of amides is 1. The molecule has 1 fully saturated rings. The fourth-order valence-corrected chi connectivity index (χ4v) is 5.98. The molecule has 4 rings (SSSR count). The van der Waals surface area contributed by atoms with Gasteiger partial charge in [-0.3, -0.25) is 19.6 Å². The lowest BCUT2D eigenvalue weighted by molar-refractivity contribution is -0.114. The molecular formula is C22H30N4O2S. The van der Waals surface area contributed by atoms with E-state index < -0.39 is 0 Å². The molecule has 29 heavy (non-hydrogen) atoms. The molecule has 1 aliphatic carbocycles. The molecule has 0 bridgehead atoms. The lowest BCUT2D eigenvalue weighted by Crippen LogP contribution is -2.48. The molecule has 0 radical (unpaired) electrons. The summed E-state index contributed by atoms with van der Waals surface area (Å²) in [6, 6.07) is 4.25. The van der Waals surface area contributed by atoms with Crippen LogP contribution in [0.3, 0.4) is 0 Å². The molecule has 2 aliphatic rings. The summed E-state index contributed by atoms with van der Waals surface area (Å²) < 4.78 is 0. The number of nitrogens with one attached hydrogen (secondary N) is 1. The fourth-order valence-electron chi connectivity index (χ4n) is 4.62. The van der Waals surface area contributed by atoms with Gasteiger partial charge in [-0.15, -0.1) is 11.3 Å². The van der Waals surface area contributed by atoms with Crippen molar-refractivity contribution in [1.82, 2.24) is 14.8 Å². The second kappa shape index (κ2) is 9.34. The van der Waals surface area contributed by atoms with Gasteiger partial charge in [-0.2, -0.15) is 0 Å². The van der Waals surface area contributed by atoms with Crippen molar-refractivity contribution in [1.29, 1.82) is 0 Å². The summed E-state index contributed by atoms with van der Waals surface area (Å²) in [7, 11) is 0. The highest BCUT2D eigenvalue weighted by Crippen LogP contribution is 2.45. The third-order valence-electron chi connectivity index (χ3n) is 5.96. The summed E-state index contributed by atoms with van der Waals surface area (Å²) in [6.45, 7) is 6.29. The first-order valence-electron chi connectivity index (χ1n) is 10.6. The predicted octanol–water partition coefficient (Wildman–Crippen LogP) is 2.68. The Bertz CT molecular complexity index is 831. The van der Waals surface area contributed by atoms with Crippen LogP contribution >= 0.6 is 11.3 Å². The van der Waals surface area contributed by atoms with Gasteiger partial charge in [0.2, 0.25) is 5.91 Å². The maximum Gasteiger partial charge on any atom is 0.221 e. The van der Waals surface area contributed by atoms with Gasteiger partial charge < -0.3 is 10.4 Å². The zero-order chi connectivity index (χ0) is 20.2. The number of carbonyl (C=O) groups excluding carboxylic acids is 1. The van der Waals surface area contributed by atoms with Gasteiger partial charge in [0.25, 0.3) is 0 Å². The monoisotopic (exact) mass is 414 g/mol. The molecule has 0 saturated carbocycles. The highest BCUT2D eigenvalue weighted by Gasteiger charge is 2.33. The van der Waals surface area contributed by atoms with Crippen LogP contribution in [0.15, 0.2) is 24.5 Å². The average molecular weight is 415 g/mol. The van der Waals surface area contributed by atoms with Crippen LogP contribution in [-0.2, 0) is 17.6 Å². The minimum atomic E-state index is -0.0115. The third-order valence-corrected chi connectivity index (χ3v) is 7.19. The van der Waals surface area contributed by atoms with Crippen molar-refractivity contribution in [2.45, 2.75) is 38.6 Å². The van der Waals surface area contributed by atoms with Gasteiger partial charge >= 0.3 is 0 Å². The van der Waals surface area contributed by atoms with E-state index in [1.165, 1.54) is 34.4 Å². The van der Waals surface area contributed by atoms with Crippen LogP contribution in [0.1, 0.15) is 47.4 Å². The Labute approximate surface area is 176 Å². The fraction of sp³-hybridized carbons (Fsp3) is 0.545. The van der Waals surface area contributed by atoms with Crippen LogP contribution in [0.5, 0.6) is 0 Å². The Balaban J connectivity index is 1.74. The van der Waals surface area contributed by atoms with Gasteiger partial charge in [-0.05, 0) is 42.9 Å². The van der Waals surface area contributed by atoms with Crippen LogP contribution in [0.25, 0.3) is 0 Å². The van der Waals surface area contributed by atoms with Gasteiger partial charge in [0, 0.05) is 62.5 Å². The van der Waals surface area contributed by atoms with Gasteiger partial charge in [0.15, 0.2) is 0 Å². The van der Waals surface area contributed by atoms with E-state index in [9.17, 15) is 9.90 Å². The Kier molecular flexibility index (Phi) is 6.60. The van der Waals surface area contributed by atoms with E-state index in [1.54, 1.807) is 18.3 Å². The molecule has 7 heteroatoms. The maximum absolute atomic E-state index is 12.0. The molecule has 2 aromatic heterocycles. The minimum absolute atomic E-state index is 0.0115. The van der Waals surface area contributed by atoms with Crippen molar-refractivity contribution in [3.63, 3.8) is 0 Å². The third kappa shape index (κ3) is 4.53. The number of nitrogens with zero attached hydrogens (tertiary/aromatic N) is 3. The number of aliphatic hydroxyl groups is 1. The van der Waals surface area contributed by atoms with Crippen molar-refractivity contribution in [3.05, 3.63) is 46.1 Å². The number of pyridine rings is 1. The van der Waals surface area contributed by atoms with Gasteiger partial charge in [-0.25, -0.2) is 0 Å². The molecule has 1 amide bonds.